The van der Waals surface area contributed by atoms with Crippen LogP contribution in [0.4, 0.5) is 5.69 Å². The highest BCUT2D eigenvalue weighted by atomic mass is 32.2. The smallest absolute Gasteiger partial charge is 0.338 e. The van der Waals surface area contributed by atoms with Crippen molar-refractivity contribution in [2.45, 2.75) is 37.8 Å². The van der Waals surface area contributed by atoms with Gasteiger partial charge in [0.15, 0.2) is 0 Å². The summed E-state index contributed by atoms with van der Waals surface area (Å²) in [5.41, 5.74) is 2.55. The van der Waals surface area contributed by atoms with E-state index in [0.717, 1.165) is 10.5 Å². The van der Waals surface area contributed by atoms with Crippen LogP contribution in [-0.4, -0.2) is 23.7 Å². The van der Waals surface area contributed by atoms with E-state index in [-0.39, 0.29) is 5.91 Å². The van der Waals surface area contributed by atoms with E-state index >= 15 is 0 Å². The summed E-state index contributed by atoms with van der Waals surface area (Å²) in [4.78, 5) is 25.6. The zero-order chi connectivity index (χ0) is 18.4. The number of anilines is 1. The number of nitrogens with one attached hydrogen (secondary N) is 1. The molecule has 0 fully saturated rings. The second-order valence-electron chi connectivity index (χ2n) is 5.87. The Bertz CT molecular complexity index is 771. The Hall–Kier alpha value is -2.27. The third-order valence-corrected chi connectivity index (χ3v) is 4.57. The van der Waals surface area contributed by atoms with Crippen LogP contribution >= 0.6 is 11.8 Å². The molecule has 1 amide bonds. The molecule has 2 aromatic carbocycles. The van der Waals surface area contributed by atoms with E-state index in [2.05, 4.69) is 19.2 Å². The van der Waals surface area contributed by atoms with E-state index in [1.807, 2.05) is 31.2 Å². The van der Waals surface area contributed by atoms with Crippen LogP contribution in [0.25, 0.3) is 0 Å². The van der Waals surface area contributed by atoms with Crippen LogP contribution in [-0.2, 0) is 4.74 Å². The van der Waals surface area contributed by atoms with Crippen molar-refractivity contribution in [2.24, 2.45) is 0 Å². The molecule has 0 bridgehead atoms. The molecule has 0 atom stereocenters. The number of amides is 1. The molecular formula is C20H23NO3S. The SMILES string of the molecule is CCOC(=O)c1ccc(C)c(NC(=O)c2ccccc2SC(C)C)c1. The van der Waals surface area contributed by atoms with Gasteiger partial charge >= 0.3 is 5.97 Å². The Morgan fingerprint density at radius 3 is 2.56 bits per heavy atom. The fraction of sp³-hybridized carbons (Fsp3) is 0.300. The molecule has 0 saturated carbocycles. The molecule has 0 aliphatic carbocycles. The summed E-state index contributed by atoms with van der Waals surface area (Å²) < 4.78 is 5.02. The topological polar surface area (TPSA) is 55.4 Å². The highest BCUT2D eigenvalue weighted by molar-refractivity contribution is 8.00. The van der Waals surface area contributed by atoms with Crippen molar-refractivity contribution in [3.8, 4) is 0 Å². The first kappa shape index (κ1) is 19.1. The molecule has 0 aliphatic rings. The number of ether oxygens (including phenoxy) is 1. The number of hydrogen-bond donors (Lipinski definition) is 1. The Kier molecular flexibility index (Phi) is 6.65. The zero-order valence-corrected chi connectivity index (χ0v) is 15.8. The number of hydrogen-bond acceptors (Lipinski definition) is 4. The van der Waals surface area contributed by atoms with Crippen LogP contribution < -0.4 is 5.32 Å². The van der Waals surface area contributed by atoms with Gasteiger partial charge in [-0.2, -0.15) is 0 Å². The normalized spacial score (nSPS) is 10.6. The fourth-order valence-corrected chi connectivity index (χ4v) is 3.25. The number of esters is 1. The molecule has 4 nitrogen and oxygen atoms in total. The summed E-state index contributed by atoms with van der Waals surface area (Å²) in [6, 6.07) is 12.7. The van der Waals surface area contributed by atoms with Gasteiger partial charge in [-0.3, -0.25) is 4.79 Å². The fourth-order valence-electron chi connectivity index (χ4n) is 2.30. The second kappa shape index (κ2) is 8.72. The summed E-state index contributed by atoms with van der Waals surface area (Å²) in [6.45, 7) is 8.14. The Morgan fingerprint density at radius 1 is 1.16 bits per heavy atom. The van der Waals surface area contributed by atoms with E-state index in [0.29, 0.717) is 28.7 Å². The van der Waals surface area contributed by atoms with Crippen LogP contribution in [0.5, 0.6) is 0 Å². The largest absolute Gasteiger partial charge is 0.462 e. The van der Waals surface area contributed by atoms with Crippen molar-refractivity contribution in [2.75, 3.05) is 11.9 Å². The maximum atomic E-state index is 12.7. The Morgan fingerprint density at radius 2 is 1.88 bits per heavy atom. The summed E-state index contributed by atoms with van der Waals surface area (Å²) in [5, 5.41) is 3.30. The van der Waals surface area contributed by atoms with E-state index in [9.17, 15) is 9.59 Å². The molecule has 2 rings (SSSR count). The van der Waals surface area contributed by atoms with Gasteiger partial charge in [0, 0.05) is 15.8 Å². The maximum Gasteiger partial charge on any atom is 0.338 e. The summed E-state index contributed by atoms with van der Waals surface area (Å²) >= 11 is 1.65. The van der Waals surface area contributed by atoms with Gasteiger partial charge < -0.3 is 10.1 Å². The number of thioether (sulfide) groups is 1. The van der Waals surface area contributed by atoms with Crippen LogP contribution in [0.15, 0.2) is 47.4 Å². The quantitative estimate of drug-likeness (QED) is 0.589. The van der Waals surface area contributed by atoms with Crippen LogP contribution in [0.2, 0.25) is 0 Å². The first-order chi connectivity index (χ1) is 11.9. The van der Waals surface area contributed by atoms with Crippen molar-refractivity contribution in [3.05, 3.63) is 59.2 Å². The van der Waals surface area contributed by atoms with Gasteiger partial charge in [0.1, 0.15) is 0 Å². The van der Waals surface area contributed by atoms with Crippen molar-refractivity contribution in [1.29, 1.82) is 0 Å². The molecular weight excluding hydrogens is 334 g/mol. The van der Waals surface area contributed by atoms with Crippen LogP contribution in [0.3, 0.4) is 0 Å². The zero-order valence-electron chi connectivity index (χ0n) is 15.0. The molecule has 25 heavy (non-hydrogen) atoms. The Balaban J connectivity index is 2.26. The first-order valence-corrected chi connectivity index (χ1v) is 9.15. The third-order valence-electron chi connectivity index (χ3n) is 3.49. The average Bonchev–Trinajstić information content (AvgIpc) is 2.57. The van der Waals surface area contributed by atoms with Crippen LogP contribution in [0.1, 0.15) is 47.1 Å². The molecule has 132 valence electrons. The monoisotopic (exact) mass is 357 g/mol. The molecule has 0 radical (unpaired) electrons. The van der Waals surface area contributed by atoms with E-state index in [1.54, 1.807) is 36.9 Å². The minimum absolute atomic E-state index is 0.187. The molecule has 0 saturated heterocycles. The van der Waals surface area contributed by atoms with Crippen molar-refractivity contribution in [1.82, 2.24) is 0 Å². The molecule has 1 N–H and O–H groups in total. The minimum atomic E-state index is -0.395. The second-order valence-corrected chi connectivity index (χ2v) is 7.49. The average molecular weight is 357 g/mol. The molecule has 0 spiro atoms. The van der Waals surface area contributed by atoms with Gasteiger partial charge in [0.2, 0.25) is 0 Å². The van der Waals surface area contributed by atoms with E-state index in [4.69, 9.17) is 4.74 Å². The summed E-state index contributed by atoms with van der Waals surface area (Å²) in [7, 11) is 0. The lowest BCUT2D eigenvalue weighted by atomic mass is 10.1. The number of aryl methyl sites for hydroxylation is 1. The van der Waals surface area contributed by atoms with Crippen molar-refractivity contribution in [3.63, 3.8) is 0 Å². The van der Waals surface area contributed by atoms with E-state index in [1.165, 1.54) is 0 Å². The molecule has 5 heteroatoms. The molecule has 0 aromatic heterocycles. The van der Waals surface area contributed by atoms with Gasteiger partial charge in [0.05, 0.1) is 17.7 Å². The van der Waals surface area contributed by atoms with Crippen molar-refractivity contribution >= 4 is 29.3 Å². The predicted molar refractivity (Wildman–Crippen MR) is 103 cm³/mol. The van der Waals surface area contributed by atoms with Crippen LogP contribution in [0, 0.1) is 6.92 Å². The number of carbonyl (C=O) groups is 2. The lowest BCUT2D eigenvalue weighted by Gasteiger charge is -2.13. The number of rotatable bonds is 6. The highest BCUT2D eigenvalue weighted by Gasteiger charge is 2.15. The number of carbonyl (C=O) groups excluding carboxylic acids is 2. The Labute approximate surface area is 153 Å². The molecule has 2 aromatic rings. The standard InChI is InChI=1S/C20H23NO3S/c1-5-24-20(23)15-11-10-14(4)17(12-15)21-19(22)16-8-6-7-9-18(16)25-13(2)3/h6-13H,5H2,1-4H3,(H,21,22). The van der Waals surface area contributed by atoms with Gasteiger partial charge in [-0.1, -0.05) is 32.0 Å². The molecule has 0 heterocycles. The van der Waals surface area contributed by atoms with Gasteiger partial charge in [-0.15, -0.1) is 11.8 Å². The molecule has 0 aliphatic heterocycles. The first-order valence-electron chi connectivity index (χ1n) is 8.27. The lowest BCUT2D eigenvalue weighted by molar-refractivity contribution is 0.0526. The third kappa shape index (κ3) is 5.10. The minimum Gasteiger partial charge on any atom is -0.462 e. The number of benzene rings is 2. The predicted octanol–water partition coefficient (Wildman–Crippen LogP) is 4.92. The maximum absolute atomic E-state index is 12.7. The van der Waals surface area contributed by atoms with Crippen molar-refractivity contribution < 1.29 is 14.3 Å². The lowest BCUT2D eigenvalue weighted by Crippen LogP contribution is -2.15. The molecule has 0 unspecified atom stereocenters. The van der Waals surface area contributed by atoms with Gasteiger partial charge in [-0.25, -0.2) is 4.79 Å². The summed E-state index contributed by atoms with van der Waals surface area (Å²) in [5.74, 6) is -0.582. The van der Waals surface area contributed by atoms with Gasteiger partial charge in [-0.05, 0) is 43.7 Å². The summed E-state index contributed by atoms with van der Waals surface area (Å²) in [6.07, 6.45) is 0. The highest BCUT2D eigenvalue weighted by Crippen LogP contribution is 2.27. The van der Waals surface area contributed by atoms with E-state index < -0.39 is 5.97 Å². The van der Waals surface area contributed by atoms with Gasteiger partial charge in [0.25, 0.3) is 5.91 Å².